The SMILES string of the molecule is CCOc1ccccc1NC(=O)C(C#N)C(=O)c1ccc(CC)s1. The van der Waals surface area contributed by atoms with Crippen LogP contribution in [0.15, 0.2) is 36.4 Å². The molecule has 1 amide bonds. The molecule has 1 heterocycles. The Morgan fingerprint density at radius 2 is 2.00 bits per heavy atom. The number of thiophene rings is 1. The fourth-order valence-electron chi connectivity index (χ4n) is 2.14. The highest BCUT2D eigenvalue weighted by Gasteiger charge is 2.29. The van der Waals surface area contributed by atoms with Gasteiger partial charge in [0.1, 0.15) is 5.75 Å². The molecule has 2 aromatic rings. The molecule has 1 aromatic heterocycles. The Labute approximate surface area is 144 Å². The maximum atomic E-state index is 12.4. The molecule has 5 nitrogen and oxygen atoms in total. The Bertz CT molecular complexity index is 777. The van der Waals surface area contributed by atoms with E-state index in [0.717, 1.165) is 11.3 Å². The number of rotatable bonds is 7. The third-order valence-electron chi connectivity index (χ3n) is 3.35. The molecule has 1 aromatic carbocycles. The number of hydrogen-bond acceptors (Lipinski definition) is 5. The molecule has 0 radical (unpaired) electrons. The topological polar surface area (TPSA) is 79.2 Å². The molecular weight excluding hydrogens is 324 g/mol. The lowest BCUT2D eigenvalue weighted by molar-refractivity contribution is -0.117. The van der Waals surface area contributed by atoms with Crippen molar-refractivity contribution in [2.75, 3.05) is 11.9 Å². The van der Waals surface area contributed by atoms with E-state index in [1.54, 1.807) is 36.4 Å². The van der Waals surface area contributed by atoms with Gasteiger partial charge in [-0.3, -0.25) is 9.59 Å². The van der Waals surface area contributed by atoms with Crippen molar-refractivity contribution >= 4 is 28.7 Å². The highest BCUT2D eigenvalue weighted by molar-refractivity contribution is 7.14. The van der Waals surface area contributed by atoms with Crippen molar-refractivity contribution in [1.29, 1.82) is 5.26 Å². The highest BCUT2D eigenvalue weighted by atomic mass is 32.1. The largest absolute Gasteiger partial charge is 0.492 e. The number of benzene rings is 1. The van der Waals surface area contributed by atoms with E-state index in [1.807, 2.05) is 19.9 Å². The van der Waals surface area contributed by atoms with Crippen LogP contribution in [0, 0.1) is 17.2 Å². The molecule has 24 heavy (non-hydrogen) atoms. The second kappa shape index (κ2) is 8.27. The molecule has 124 valence electrons. The second-order valence-corrected chi connectivity index (χ2v) is 6.13. The number of ether oxygens (including phenoxy) is 1. The summed E-state index contributed by atoms with van der Waals surface area (Å²) >= 11 is 1.31. The third kappa shape index (κ3) is 4.00. The van der Waals surface area contributed by atoms with Crippen LogP contribution in [0.3, 0.4) is 0 Å². The van der Waals surface area contributed by atoms with Crippen LogP contribution < -0.4 is 10.1 Å². The van der Waals surface area contributed by atoms with Crippen molar-refractivity contribution in [3.05, 3.63) is 46.2 Å². The average Bonchev–Trinajstić information content (AvgIpc) is 3.06. The minimum absolute atomic E-state index is 0.423. The molecule has 2 rings (SSSR count). The van der Waals surface area contributed by atoms with Crippen LogP contribution in [0.2, 0.25) is 0 Å². The maximum Gasteiger partial charge on any atom is 0.249 e. The molecular formula is C18H18N2O3S. The van der Waals surface area contributed by atoms with Crippen molar-refractivity contribution in [2.24, 2.45) is 5.92 Å². The van der Waals surface area contributed by atoms with Crippen LogP contribution >= 0.6 is 11.3 Å². The lowest BCUT2D eigenvalue weighted by atomic mass is 10.0. The smallest absolute Gasteiger partial charge is 0.249 e. The van der Waals surface area contributed by atoms with Gasteiger partial charge in [0.05, 0.1) is 23.2 Å². The molecule has 0 saturated carbocycles. The zero-order valence-electron chi connectivity index (χ0n) is 13.5. The molecule has 0 bridgehead atoms. The fraction of sp³-hybridized carbons (Fsp3) is 0.278. The highest BCUT2D eigenvalue weighted by Crippen LogP contribution is 2.25. The van der Waals surface area contributed by atoms with Gasteiger partial charge in [0, 0.05) is 4.88 Å². The van der Waals surface area contributed by atoms with E-state index in [1.165, 1.54) is 11.3 Å². The second-order valence-electron chi connectivity index (χ2n) is 4.96. The Kier molecular flexibility index (Phi) is 6.10. The van der Waals surface area contributed by atoms with Crippen LogP contribution in [0.4, 0.5) is 5.69 Å². The van der Waals surface area contributed by atoms with Crippen LogP contribution in [0.5, 0.6) is 5.75 Å². The van der Waals surface area contributed by atoms with Crippen molar-refractivity contribution in [3.63, 3.8) is 0 Å². The first-order chi connectivity index (χ1) is 11.6. The number of anilines is 1. The van der Waals surface area contributed by atoms with E-state index in [9.17, 15) is 14.9 Å². The number of ketones is 1. The van der Waals surface area contributed by atoms with E-state index >= 15 is 0 Å². The molecule has 1 N–H and O–H groups in total. The molecule has 0 aliphatic carbocycles. The Balaban J connectivity index is 2.17. The summed E-state index contributed by atoms with van der Waals surface area (Å²) in [6.45, 7) is 4.27. The van der Waals surface area contributed by atoms with Crippen molar-refractivity contribution in [2.45, 2.75) is 20.3 Å². The van der Waals surface area contributed by atoms with Gasteiger partial charge >= 0.3 is 0 Å². The van der Waals surface area contributed by atoms with Crippen LogP contribution in [0.25, 0.3) is 0 Å². The van der Waals surface area contributed by atoms with E-state index in [4.69, 9.17) is 4.74 Å². The number of aryl methyl sites for hydroxylation is 1. The summed E-state index contributed by atoms with van der Waals surface area (Å²) in [6, 6.07) is 12.2. The van der Waals surface area contributed by atoms with E-state index in [-0.39, 0.29) is 0 Å². The lowest BCUT2D eigenvalue weighted by Gasteiger charge is -2.12. The van der Waals surface area contributed by atoms with Gasteiger partial charge < -0.3 is 10.1 Å². The molecule has 0 spiro atoms. The summed E-state index contributed by atoms with van der Waals surface area (Å²) in [5.41, 5.74) is 0.442. The first kappa shape index (κ1) is 17.7. The average molecular weight is 342 g/mol. The molecule has 1 unspecified atom stereocenters. The number of amides is 1. The molecule has 0 fully saturated rings. The Morgan fingerprint density at radius 3 is 2.62 bits per heavy atom. The van der Waals surface area contributed by atoms with Crippen molar-refractivity contribution in [3.8, 4) is 11.8 Å². The first-order valence-electron chi connectivity index (χ1n) is 7.65. The minimum atomic E-state index is -1.39. The number of nitrogens with one attached hydrogen (secondary N) is 1. The van der Waals surface area contributed by atoms with E-state index < -0.39 is 17.6 Å². The Morgan fingerprint density at radius 1 is 1.25 bits per heavy atom. The zero-order chi connectivity index (χ0) is 17.5. The van der Waals surface area contributed by atoms with E-state index in [2.05, 4.69) is 5.32 Å². The summed E-state index contributed by atoms with van der Waals surface area (Å²) in [7, 11) is 0. The van der Waals surface area contributed by atoms with Gasteiger partial charge in [0.15, 0.2) is 11.7 Å². The monoisotopic (exact) mass is 342 g/mol. The zero-order valence-corrected chi connectivity index (χ0v) is 14.4. The van der Waals surface area contributed by atoms with Crippen LogP contribution in [-0.2, 0) is 11.2 Å². The first-order valence-corrected chi connectivity index (χ1v) is 8.47. The Hall–Kier alpha value is -2.65. The minimum Gasteiger partial charge on any atom is -0.492 e. The number of nitriles is 1. The van der Waals surface area contributed by atoms with Gasteiger partial charge in [0.2, 0.25) is 5.91 Å². The molecule has 1 atom stereocenters. The summed E-state index contributed by atoms with van der Waals surface area (Å²) < 4.78 is 5.43. The molecule has 0 aliphatic heterocycles. The number of Topliss-reactive ketones (excluding diaryl/α,β-unsaturated/α-hetero) is 1. The standard InChI is InChI=1S/C18H18N2O3S/c1-3-12-9-10-16(24-12)17(21)13(11-19)18(22)20-14-7-5-6-8-15(14)23-4-2/h5-10,13H,3-4H2,1-2H3,(H,20,22). The molecule has 6 heteroatoms. The molecule has 0 saturated heterocycles. The normalized spacial score (nSPS) is 11.4. The predicted octanol–water partition coefficient (Wildman–Crippen LogP) is 3.67. The quantitative estimate of drug-likeness (QED) is 0.615. The summed E-state index contributed by atoms with van der Waals surface area (Å²) in [5, 5.41) is 11.9. The van der Waals surface area contributed by atoms with Crippen molar-refractivity contribution < 1.29 is 14.3 Å². The van der Waals surface area contributed by atoms with Gasteiger partial charge in [-0.1, -0.05) is 19.1 Å². The predicted molar refractivity (Wildman–Crippen MR) is 93.4 cm³/mol. The third-order valence-corrected chi connectivity index (χ3v) is 4.60. The number of nitrogens with zero attached hydrogens (tertiary/aromatic N) is 1. The summed E-state index contributed by atoms with van der Waals surface area (Å²) in [4.78, 5) is 26.3. The fourth-order valence-corrected chi connectivity index (χ4v) is 3.05. The molecule has 0 aliphatic rings. The van der Waals surface area contributed by atoms with Gasteiger partial charge in [0.25, 0.3) is 0 Å². The number of para-hydroxylation sites is 2. The van der Waals surface area contributed by atoms with Gasteiger partial charge in [-0.25, -0.2) is 0 Å². The van der Waals surface area contributed by atoms with Gasteiger partial charge in [-0.05, 0) is 37.6 Å². The van der Waals surface area contributed by atoms with Crippen molar-refractivity contribution in [1.82, 2.24) is 0 Å². The lowest BCUT2D eigenvalue weighted by Crippen LogP contribution is -2.28. The number of carbonyl (C=O) groups is 2. The van der Waals surface area contributed by atoms with E-state index in [0.29, 0.717) is 22.9 Å². The summed E-state index contributed by atoms with van der Waals surface area (Å²) in [5.74, 6) is -2.01. The number of carbonyl (C=O) groups excluding carboxylic acids is 2. The maximum absolute atomic E-state index is 12.4. The summed E-state index contributed by atoms with van der Waals surface area (Å²) in [6.07, 6.45) is 0.809. The van der Waals surface area contributed by atoms with Crippen LogP contribution in [0.1, 0.15) is 28.4 Å². The van der Waals surface area contributed by atoms with Gasteiger partial charge in [-0.15, -0.1) is 11.3 Å². The van der Waals surface area contributed by atoms with Gasteiger partial charge in [-0.2, -0.15) is 5.26 Å². The number of hydrogen-bond donors (Lipinski definition) is 1. The van der Waals surface area contributed by atoms with Crippen LogP contribution in [-0.4, -0.2) is 18.3 Å².